The first-order valence-electron chi connectivity index (χ1n) is 19.4. The molecule has 3 N–H and O–H groups in total. The fourth-order valence-electron chi connectivity index (χ4n) is 6.22. The lowest BCUT2D eigenvalue weighted by Crippen LogP contribution is -2.28. The summed E-state index contributed by atoms with van der Waals surface area (Å²) in [6, 6.07) is 0. The van der Waals surface area contributed by atoms with E-state index in [4.69, 9.17) is 9.47 Å². The molecule has 0 bridgehead atoms. The van der Waals surface area contributed by atoms with E-state index in [1.54, 1.807) is 12.2 Å². The number of hydrogen-bond donors (Lipinski definition) is 3. The molecule has 6 atom stereocenters. The number of esters is 2. The number of hydrogen-bond acceptors (Lipinski definition) is 8. The molecule has 1 aliphatic rings. The molecule has 1 aliphatic carbocycles. The Morgan fingerprint density at radius 1 is 0.854 bits per heavy atom. The predicted molar refractivity (Wildman–Crippen MR) is 192 cm³/mol. The summed E-state index contributed by atoms with van der Waals surface area (Å²) in [5.74, 6) is -0.541. The molecule has 1 saturated carbocycles. The Bertz CT molecular complexity index is 900. The fourth-order valence-corrected chi connectivity index (χ4v) is 6.22. The number of Topliss-reactive ketones (excluding diaryl/α,β-unsaturated/α-hetero) is 1. The first-order valence-corrected chi connectivity index (χ1v) is 19.4. The molecule has 8 nitrogen and oxygen atoms in total. The summed E-state index contributed by atoms with van der Waals surface area (Å²) in [4.78, 5) is 36.8. The highest BCUT2D eigenvalue weighted by atomic mass is 16.6. The summed E-state index contributed by atoms with van der Waals surface area (Å²) in [5.41, 5.74) is 0. The van der Waals surface area contributed by atoms with Crippen molar-refractivity contribution in [1.82, 2.24) is 0 Å². The predicted octanol–water partition coefficient (Wildman–Crippen LogP) is 8.34. The van der Waals surface area contributed by atoms with Gasteiger partial charge >= 0.3 is 11.9 Å². The molecule has 1 rings (SSSR count). The average Bonchev–Trinajstić information content (AvgIpc) is 3.34. The van der Waals surface area contributed by atoms with Crippen molar-refractivity contribution in [3.63, 3.8) is 0 Å². The van der Waals surface area contributed by atoms with Crippen LogP contribution in [-0.2, 0) is 23.9 Å². The maximum Gasteiger partial charge on any atom is 0.306 e. The minimum absolute atomic E-state index is 0.00176. The average molecular weight is 679 g/mol. The number of allylic oxidation sites excluding steroid dienone is 3. The SMILES string of the molecule is CCCCC[C@H](O)/C=C/[C@H]1C(=O)C[C@H](O)[C@@H]1C/C=C\CCCC(=O)OC[C@H](CO)OC(=O)CCCCCCCCCCCCC(C)CC. The smallest absolute Gasteiger partial charge is 0.306 e. The molecule has 0 heterocycles. The third-order valence-corrected chi connectivity index (χ3v) is 9.66. The van der Waals surface area contributed by atoms with E-state index in [1.165, 1.54) is 57.8 Å². The van der Waals surface area contributed by atoms with Crippen molar-refractivity contribution in [3.05, 3.63) is 24.3 Å². The molecule has 0 amide bonds. The number of unbranched alkanes of at least 4 members (excludes halogenated alkanes) is 12. The molecule has 278 valence electrons. The van der Waals surface area contributed by atoms with Gasteiger partial charge in [0.2, 0.25) is 0 Å². The molecule has 0 saturated heterocycles. The van der Waals surface area contributed by atoms with E-state index in [-0.39, 0.29) is 37.1 Å². The van der Waals surface area contributed by atoms with Gasteiger partial charge in [-0.15, -0.1) is 0 Å². The monoisotopic (exact) mass is 679 g/mol. The largest absolute Gasteiger partial charge is 0.462 e. The number of ketones is 1. The van der Waals surface area contributed by atoms with Crippen molar-refractivity contribution >= 4 is 17.7 Å². The van der Waals surface area contributed by atoms with Crippen LogP contribution in [0.5, 0.6) is 0 Å². The van der Waals surface area contributed by atoms with Crippen molar-refractivity contribution in [2.45, 2.75) is 180 Å². The van der Waals surface area contributed by atoms with Crippen LogP contribution in [0, 0.1) is 17.8 Å². The van der Waals surface area contributed by atoms with Gasteiger partial charge in [0, 0.05) is 31.1 Å². The normalized spacial score (nSPS) is 20.0. The first-order chi connectivity index (χ1) is 23.2. The van der Waals surface area contributed by atoms with E-state index in [0.717, 1.165) is 44.4 Å². The standard InChI is InChI=1S/C40H70O8/c1-4-6-17-23-33(42)27-28-36-35(37(43)29-38(36)44)24-19-15-16-20-25-39(45)47-31-34(30-41)48-40(46)26-21-14-12-10-8-7-9-11-13-18-22-32(3)5-2/h15,19,27-28,32-37,41-43H,4-14,16-18,20-26,29-31H2,1-3H3/b19-15-,28-27+/t32?,33-,34-,35+,36+,37-/m0/s1. The second-order valence-corrected chi connectivity index (χ2v) is 14.0. The van der Waals surface area contributed by atoms with Crippen LogP contribution < -0.4 is 0 Å². The molecule has 0 spiro atoms. The van der Waals surface area contributed by atoms with E-state index in [1.807, 2.05) is 12.2 Å². The van der Waals surface area contributed by atoms with Crippen molar-refractivity contribution in [2.24, 2.45) is 17.8 Å². The summed E-state index contributed by atoms with van der Waals surface area (Å²) >= 11 is 0. The summed E-state index contributed by atoms with van der Waals surface area (Å²) < 4.78 is 10.5. The molecule has 1 unspecified atom stereocenters. The van der Waals surface area contributed by atoms with Gasteiger partial charge in [-0.3, -0.25) is 14.4 Å². The Hall–Kier alpha value is -2.03. The maximum atomic E-state index is 12.4. The zero-order chi connectivity index (χ0) is 35.4. The summed E-state index contributed by atoms with van der Waals surface area (Å²) in [5, 5.41) is 30.1. The van der Waals surface area contributed by atoms with Gasteiger partial charge in [0.05, 0.1) is 18.8 Å². The molecule has 0 aromatic heterocycles. The van der Waals surface area contributed by atoms with Crippen LogP contribution in [0.15, 0.2) is 24.3 Å². The molecule has 1 fully saturated rings. The van der Waals surface area contributed by atoms with E-state index < -0.39 is 36.8 Å². The molecule has 8 heteroatoms. The van der Waals surface area contributed by atoms with Gasteiger partial charge < -0.3 is 24.8 Å². The highest BCUT2D eigenvalue weighted by molar-refractivity contribution is 5.86. The zero-order valence-corrected chi connectivity index (χ0v) is 30.6. The van der Waals surface area contributed by atoms with E-state index >= 15 is 0 Å². The number of ether oxygens (including phenoxy) is 2. The number of aliphatic hydroxyl groups is 3. The van der Waals surface area contributed by atoms with Gasteiger partial charge in [-0.2, -0.15) is 0 Å². The van der Waals surface area contributed by atoms with Gasteiger partial charge in [0.15, 0.2) is 6.10 Å². The van der Waals surface area contributed by atoms with Crippen LogP contribution in [0.3, 0.4) is 0 Å². The van der Waals surface area contributed by atoms with Crippen LogP contribution >= 0.6 is 0 Å². The van der Waals surface area contributed by atoms with Crippen LogP contribution in [0.4, 0.5) is 0 Å². The van der Waals surface area contributed by atoms with Crippen LogP contribution in [0.2, 0.25) is 0 Å². The third kappa shape index (κ3) is 21.8. The quantitative estimate of drug-likeness (QED) is 0.0393. The highest BCUT2D eigenvalue weighted by Gasteiger charge is 2.39. The van der Waals surface area contributed by atoms with Crippen LogP contribution in [0.25, 0.3) is 0 Å². The molecule has 0 aromatic carbocycles. The van der Waals surface area contributed by atoms with Crippen molar-refractivity contribution in [1.29, 1.82) is 0 Å². The topological polar surface area (TPSA) is 130 Å². The molecular formula is C40H70O8. The Morgan fingerprint density at radius 2 is 1.48 bits per heavy atom. The van der Waals surface area contributed by atoms with Gasteiger partial charge in [-0.05, 0) is 38.0 Å². The second kappa shape index (κ2) is 28.8. The van der Waals surface area contributed by atoms with Gasteiger partial charge in [-0.25, -0.2) is 0 Å². The van der Waals surface area contributed by atoms with E-state index in [9.17, 15) is 29.7 Å². The third-order valence-electron chi connectivity index (χ3n) is 9.66. The summed E-state index contributed by atoms with van der Waals surface area (Å²) in [6.45, 7) is 6.15. The van der Waals surface area contributed by atoms with Crippen LogP contribution in [0.1, 0.15) is 162 Å². The summed E-state index contributed by atoms with van der Waals surface area (Å²) in [7, 11) is 0. The second-order valence-electron chi connectivity index (χ2n) is 14.0. The number of rotatable bonds is 30. The molecule has 0 radical (unpaired) electrons. The van der Waals surface area contributed by atoms with Crippen molar-refractivity contribution in [3.8, 4) is 0 Å². The zero-order valence-electron chi connectivity index (χ0n) is 30.6. The lowest BCUT2D eigenvalue weighted by molar-refractivity contribution is -0.161. The fraction of sp³-hybridized carbons (Fsp3) is 0.825. The molecular weight excluding hydrogens is 608 g/mol. The number of aliphatic hydroxyl groups excluding tert-OH is 3. The number of carbonyl (C=O) groups is 3. The van der Waals surface area contributed by atoms with E-state index in [2.05, 4.69) is 20.8 Å². The van der Waals surface area contributed by atoms with E-state index in [0.29, 0.717) is 32.1 Å². The maximum absolute atomic E-state index is 12.4. The molecule has 0 aromatic rings. The minimum atomic E-state index is -0.855. The molecule has 0 aliphatic heterocycles. The highest BCUT2D eigenvalue weighted by Crippen LogP contribution is 2.33. The van der Waals surface area contributed by atoms with Gasteiger partial charge in [0.1, 0.15) is 12.4 Å². The van der Waals surface area contributed by atoms with Gasteiger partial charge in [0.25, 0.3) is 0 Å². The molecule has 48 heavy (non-hydrogen) atoms. The lowest BCUT2D eigenvalue weighted by Gasteiger charge is -2.17. The summed E-state index contributed by atoms with van der Waals surface area (Å²) in [6.07, 6.45) is 26.0. The van der Waals surface area contributed by atoms with Gasteiger partial charge in [-0.1, -0.05) is 135 Å². The van der Waals surface area contributed by atoms with Crippen LogP contribution in [-0.4, -0.2) is 64.6 Å². The van der Waals surface area contributed by atoms with Crippen molar-refractivity contribution < 1.29 is 39.2 Å². The Labute approximate surface area is 292 Å². The minimum Gasteiger partial charge on any atom is -0.462 e. The Kier molecular flexibility index (Phi) is 26.4. The Balaban J connectivity index is 2.14. The Morgan fingerprint density at radius 3 is 2.12 bits per heavy atom. The lowest BCUT2D eigenvalue weighted by atomic mass is 9.90. The van der Waals surface area contributed by atoms with Crippen molar-refractivity contribution in [2.75, 3.05) is 13.2 Å². The number of carbonyl (C=O) groups excluding carboxylic acids is 3. The first kappa shape index (κ1) is 44.0.